The van der Waals surface area contributed by atoms with Crippen molar-refractivity contribution in [2.24, 2.45) is 0 Å². The number of nitrogens with one attached hydrogen (secondary N) is 1. The molecule has 0 aliphatic heterocycles. The summed E-state index contributed by atoms with van der Waals surface area (Å²) in [7, 11) is 0. The quantitative estimate of drug-likeness (QED) is 0.564. The summed E-state index contributed by atoms with van der Waals surface area (Å²) in [5, 5.41) is 11.6. The molecule has 2 N–H and O–H groups in total. The van der Waals surface area contributed by atoms with Crippen LogP contribution in [-0.2, 0) is 11.2 Å². The molecule has 0 saturated carbocycles. The van der Waals surface area contributed by atoms with Gasteiger partial charge in [0.15, 0.2) is 0 Å². The van der Waals surface area contributed by atoms with Crippen LogP contribution in [0.25, 0.3) is 0 Å². The predicted octanol–water partition coefficient (Wildman–Crippen LogP) is 2.02. The molecule has 3 nitrogen and oxygen atoms in total. The summed E-state index contributed by atoms with van der Waals surface area (Å²) < 4.78 is 0. The zero-order valence-corrected chi connectivity index (χ0v) is 10.2. The first-order chi connectivity index (χ1) is 7.72. The molecule has 16 heavy (non-hydrogen) atoms. The second kappa shape index (κ2) is 7.30. The fourth-order valence-corrected chi connectivity index (χ4v) is 1.75. The fraction of sp³-hybridized carbons (Fsp3) is 0.417. The van der Waals surface area contributed by atoms with Gasteiger partial charge in [0.1, 0.15) is 0 Å². The van der Waals surface area contributed by atoms with Crippen LogP contribution >= 0.6 is 11.8 Å². The number of rotatable bonds is 7. The summed E-state index contributed by atoms with van der Waals surface area (Å²) in [4.78, 5) is 11.5. The molecule has 0 aromatic heterocycles. The summed E-state index contributed by atoms with van der Waals surface area (Å²) in [5.74, 6) is -0.753. The van der Waals surface area contributed by atoms with Crippen molar-refractivity contribution in [3.63, 3.8) is 0 Å². The second-order valence-corrected chi connectivity index (χ2v) is 4.37. The van der Waals surface area contributed by atoms with Crippen LogP contribution in [0.5, 0.6) is 0 Å². The van der Waals surface area contributed by atoms with Gasteiger partial charge in [0, 0.05) is 11.4 Å². The van der Waals surface area contributed by atoms with Gasteiger partial charge in [-0.15, -0.1) is 11.8 Å². The maximum absolute atomic E-state index is 10.3. The highest BCUT2D eigenvalue weighted by Gasteiger charge is 1.96. The first-order valence-corrected chi connectivity index (χ1v) is 6.50. The number of aliphatic carboxylic acids is 1. The molecule has 0 atom stereocenters. The van der Waals surface area contributed by atoms with Crippen molar-refractivity contribution in [1.29, 1.82) is 0 Å². The van der Waals surface area contributed by atoms with Crippen molar-refractivity contribution >= 4 is 17.7 Å². The lowest BCUT2D eigenvalue weighted by Gasteiger charge is -2.04. The van der Waals surface area contributed by atoms with Crippen LogP contribution in [-0.4, -0.2) is 30.4 Å². The maximum Gasteiger partial charge on any atom is 0.304 e. The van der Waals surface area contributed by atoms with Crippen LogP contribution in [0.15, 0.2) is 29.2 Å². The zero-order valence-electron chi connectivity index (χ0n) is 9.40. The minimum absolute atomic E-state index is 0.186. The number of hydrogen-bond donors (Lipinski definition) is 2. The molecule has 4 heteroatoms. The normalized spacial score (nSPS) is 10.3. The smallest absolute Gasteiger partial charge is 0.304 e. The van der Waals surface area contributed by atoms with E-state index < -0.39 is 5.97 Å². The Morgan fingerprint density at radius 1 is 1.31 bits per heavy atom. The van der Waals surface area contributed by atoms with E-state index in [2.05, 4.69) is 35.8 Å². The summed E-state index contributed by atoms with van der Waals surface area (Å²) >= 11 is 1.73. The van der Waals surface area contributed by atoms with Crippen LogP contribution in [0.3, 0.4) is 0 Å². The van der Waals surface area contributed by atoms with Crippen molar-refractivity contribution in [3.05, 3.63) is 29.8 Å². The van der Waals surface area contributed by atoms with Gasteiger partial charge in [-0.05, 0) is 36.9 Å². The molecule has 88 valence electrons. The molecular weight excluding hydrogens is 222 g/mol. The summed E-state index contributed by atoms with van der Waals surface area (Å²) in [5.41, 5.74) is 1.28. The molecule has 0 unspecified atom stereocenters. The Bertz CT molecular complexity index is 324. The standard InChI is InChI=1S/C12H17NO2S/c1-16-11-4-2-10(3-5-11)6-8-13-9-7-12(14)15/h2-5,13H,6-9H2,1H3,(H,14,15). The molecule has 1 aromatic rings. The van der Waals surface area contributed by atoms with E-state index in [1.165, 1.54) is 10.5 Å². The molecule has 0 aliphatic rings. The monoisotopic (exact) mass is 239 g/mol. The molecule has 0 radical (unpaired) electrons. The lowest BCUT2D eigenvalue weighted by molar-refractivity contribution is -0.136. The highest BCUT2D eigenvalue weighted by molar-refractivity contribution is 7.98. The third-order valence-electron chi connectivity index (χ3n) is 2.27. The van der Waals surface area contributed by atoms with Gasteiger partial charge < -0.3 is 10.4 Å². The highest BCUT2D eigenvalue weighted by Crippen LogP contribution is 2.14. The Labute approximate surface area is 100 Å². The SMILES string of the molecule is CSc1ccc(CCNCCC(=O)O)cc1. The molecule has 0 bridgehead atoms. The van der Waals surface area contributed by atoms with Gasteiger partial charge in [-0.3, -0.25) is 4.79 Å². The molecule has 0 spiro atoms. The summed E-state index contributed by atoms with van der Waals surface area (Å²) in [6.07, 6.45) is 3.18. The van der Waals surface area contributed by atoms with E-state index >= 15 is 0 Å². The van der Waals surface area contributed by atoms with Gasteiger partial charge in [0.2, 0.25) is 0 Å². The molecule has 0 aliphatic carbocycles. The number of benzene rings is 1. The van der Waals surface area contributed by atoms with E-state index in [1.54, 1.807) is 11.8 Å². The average Bonchev–Trinajstić information content (AvgIpc) is 2.29. The van der Waals surface area contributed by atoms with Gasteiger partial charge in [0.05, 0.1) is 6.42 Å². The molecule has 0 fully saturated rings. The first kappa shape index (κ1) is 13.1. The molecular formula is C12H17NO2S. The predicted molar refractivity (Wildman–Crippen MR) is 67.0 cm³/mol. The van der Waals surface area contributed by atoms with Crippen molar-refractivity contribution in [2.45, 2.75) is 17.7 Å². The fourth-order valence-electron chi connectivity index (χ4n) is 1.35. The van der Waals surface area contributed by atoms with Crippen molar-refractivity contribution in [1.82, 2.24) is 5.32 Å². The van der Waals surface area contributed by atoms with Gasteiger partial charge in [-0.2, -0.15) is 0 Å². The number of thioether (sulfide) groups is 1. The Morgan fingerprint density at radius 2 is 2.00 bits per heavy atom. The number of carbonyl (C=O) groups is 1. The second-order valence-electron chi connectivity index (χ2n) is 3.49. The van der Waals surface area contributed by atoms with Crippen LogP contribution < -0.4 is 5.32 Å². The van der Waals surface area contributed by atoms with Crippen LogP contribution in [0, 0.1) is 0 Å². The number of hydrogen-bond acceptors (Lipinski definition) is 3. The van der Waals surface area contributed by atoms with E-state index in [9.17, 15) is 4.79 Å². The third-order valence-corrected chi connectivity index (χ3v) is 3.01. The van der Waals surface area contributed by atoms with Crippen LogP contribution in [0.2, 0.25) is 0 Å². The molecule has 0 saturated heterocycles. The van der Waals surface area contributed by atoms with Gasteiger partial charge in [-0.1, -0.05) is 12.1 Å². The minimum Gasteiger partial charge on any atom is -0.481 e. The molecule has 0 amide bonds. The van der Waals surface area contributed by atoms with E-state index in [-0.39, 0.29) is 6.42 Å². The highest BCUT2D eigenvalue weighted by atomic mass is 32.2. The van der Waals surface area contributed by atoms with Crippen molar-refractivity contribution < 1.29 is 9.90 Å². The lowest BCUT2D eigenvalue weighted by Crippen LogP contribution is -2.20. The van der Waals surface area contributed by atoms with Gasteiger partial charge >= 0.3 is 5.97 Å². The summed E-state index contributed by atoms with van der Waals surface area (Å²) in [6, 6.07) is 8.45. The minimum atomic E-state index is -0.753. The van der Waals surface area contributed by atoms with Gasteiger partial charge in [-0.25, -0.2) is 0 Å². The lowest BCUT2D eigenvalue weighted by atomic mass is 10.1. The van der Waals surface area contributed by atoms with Crippen LogP contribution in [0.1, 0.15) is 12.0 Å². The number of carboxylic acids is 1. The maximum atomic E-state index is 10.3. The Kier molecular flexibility index (Phi) is 5.96. The van der Waals surface area contributed by atoms with E-state index in [0.29, 0.717) is 6.54 Å². The largest absolute Gasteiger partial charge is 0.481 e. The van der Waals surface area contributed by atoms with Crippen molar-refractivity contribution in [3.8, 4) is 0 Å². The Balaban J connectivity index is 2.19. The Morgan fingerprint density at radius 3 is 2.56 bits per heavy atom. The summed E-state index contributed by atoms with van der Waals surface area (Å²) in [6.45, 7) is 1.37. The molecule has 1 aromatic carbocycles. The van der Waals surface area contributed by atoms with E-state index in [0.717, 1.165) is 13.0 Å². The third kappa shape index (κ3) is 5.19. The topological polar surface area (TPSA) is 49.3 Å². The van der Waals surface area contributed by atoms with E-state index in [1.807, 2.05) is 0 Å². The molecule has 0 heterocycles. The van der Waals surface area contributed by atoms with Crippen molar-refractivity contribution in [2.75, 3.05) is 19.3 Å². The number of carboxylic acid groups (broad SMARTS) is 1. The Hall–Kier alpha value is -1.00. The van der Waals surface area contributed by atoms with Crippen LogP contribution in [0.4, 0.5) is 0 Å². The van der Waals surface area contributed by atoms with Gasteiger partial charge in [0.25, 0.3) is 0 Å². The van der Waals surface area contributed by atoms with E-state index in [4.69, 9.17) is 5.11 Å². The first-order valence-electron chi connectivity index (χ1n) is 5.28. The average molecular weight is 239 g/mol. The zero-order chi connectivity index (χ0) is 11.8. The molecule has 1 rings (SSSR count).